The summed E-state index contributed by atoms with van der Waals surface area (Å²) in [6.45, 7) is 2.50. The summed E-state index contributed by atoms with van der Waals surface area (Å²) in [5.74, 6) is 0. The molecule has 326 valence electrons. The molecule has 0 spiro atoms. The van der Waals surface area contributed by atoms with E-state index in [1.165, 1.54) is 0 Å². The Balaban J connectivity index is 1.12. The van der Waals surface area contributed by atoms with E-state index in [0.29, 0.717) is 33.0 Å². The predicted octanol–water partition coefficient (Wildman–Crippen LogP) is 9.78. The maximum atomic E-state index is 7.22. The molecule has 0 aliphatic carbocycles. The van der Waals surface area contributed by atoms with E-state index in [0.717, 1.165) is 33.4 Å². The highest BCUT2D eigenvalue weighted by molar-refractivity contribution is 5.18. The molecular weight excluding hydrogens is 793 g/mol. The minimum absolute atomic E-state index is 0.198. The third kappa shape index (κ3) is 13.3. The zero-order valence-electron chi connectivity index (χ0n) is 35.4. The first-order valence-corrected chi connectivity index (χ1v) is 21.7. The van der Waals surface area contributed by atoms with E-state index in [4.69, 9.17) is 42.6 Å². The summed E-state index contributed by atoms with van der Waals surface area (Å²) in [7, 11) is 0. The third-order valence-electron chi connectivity index (χ3n) is 11.0. The summed E-state index contributed by atoms with van der Waals surface area (Å²) in [5, 5.41) is 0. The molecule has 6 aromatic rings. The van der Waals surface area contributed by atoms with Crippen molar-refractivity contribution in [3.8, 4) is 0 Å². The summed E-state index contributed by atoms with van der Waals surface area (Å²) in [6.07, 6.45) is -1.85. The van der Waals surface area contributed by atoms with Gasteiger partial charge in [0.05, 0.1) is 59.1 Å². The topological polar surface area (TPSA) is 83.1 Å². The van der Waals surface area contributed by atoms with Gasteiger partial charge in [-0.25, -0.2) is 0 Å². The van der Waals surface area contributed by atoms with Gasteiger partial charge in [0.15, 0.2) is 12.4 Å². The van der Waals surface area contributed by atoms with Crippen molar-refractivity contribution in [1.29, 1.82) is 0 Å². The van der Waals surface area contributed by atoms with Gasteiger partial charge in [0.2, 0.25) is 0 Å². The second-order valence-electron chi connectivity index (χ2n) is 15.7. The quantitative estimate of drug-likeness (QED) is 0.0664. The highest BCUT2D eigenvalue weighted by Gasteiger charge is 2.51. The molecule has 1 saturated heterocycles. The van der Waals surface area contributed by atoms with Crippen LogP contribution in [-0.2, 0) is 82.3 Å². The van der Waals surface area contributed by atoms with Crippen LogP contribution in [0.2, 0.25) is 0 Å². The number of benzene rings is 6. The first kappa shape index (κ1) is 44.2. The molecule has 9 heteroatoms. The molecule has 0 aromatic heterocycles. The average molecular weight is 849 g/mol. The molecule has 8 atom stereocenters. The van der Waals surface area contributed by atoms with Gasteiger partial charge in [-0.1, -0.05) is 182 Å². The predicted molar refractivity (Wildman–Crippen MR) is 240 cm³/mol. The number of ether oxygens (including phenoxy) is 9. The lowest BCUT2D eigenvalue weighted by Gasteiger charge is -2.47. The monoisotopic (exact) mass is 848 g/mol. The van der Waals surface area contributed by atoms with Crippen LogP contribution in [0.3, 0.4) is 0 Å². The summed E-state index contributed by atoms with van der Waals surface area (Å²) in [4.78, 5) is 0. The highest BCUT2D eigenvalue weighted by Crippen LogP contribution is 2.34. The van der Waals surface area contributed by atoms with Crippen molar-refractivity contribution in [2.75, 3.05) is 13.2 Å². The minimum Gasteiger partial charge on any atom is -0.493 e. The zero-order chi connectivity index (χ0) is 42.7. The van der Waals surface area contributed by atoms with Gasteiger partial charge in [-0.15, -0.1) is 0 Å². The molecule has 63 heavy (non-hydrogen) atoms. The molecule has 2 aliphatic rings. The molecule has 6 aromatic carbocycles. The standard InChI is InChI=1S/C54H56O9/c1-7-19-41(20-8-1)33-55-39-48-50(47(31-32-57-48)58-35-43-23-11-3-12-24-43)63-54-53(61-38-46-29-17-6-18-30-46)52(60-37-45-27-15-5-16-28-45)51(59-36-44-25-13-4-14-26-44)49(62-54)40-56-34-42-21-9-2-10-22-42/h1-32,47-54H,33-40H2/t47-,48-,49-,50+,51-,52+,53-,54+/m1/s1. The van der Waals surface area contributed by atoms with Crippen LogP contribution in [0, 0.1) is 0 Å². The average Bonchev–Trinajstić information content (AvgIpc) is 3.34. The number of hydrogen-bond donors (Lipinski definition) is 0. The van der Waals surface area contributed by atoms with Crippen LogP contribution in [0.1, 0.15) is 33.4 Å². The van der Waals surface area contributed by atoms with Crippen LogP contribution < -0.4 is 0 Å². The van der Waals surface area contributed by atoms with Crippen LogP contribution >= 0.6 is 0 Å². The van der Waals surface area contributed by atoms with Crippen LogP contribution in [0.25, 0.3) is 0 Å². The van der Waals surface area contributed by atoms with Crippen LogP contribution in [0.4, 0.5) is 0 Å². The molecule has 0 saturated carbocycles. The summed E-state index contributed by atoms with van der Waals surface area (Å²) in [5.41, 5.74) is 6.17. The Bertz CT molecular complexity index is 2180. The maximum Gasteiger partial charge on any atom is 0.187 e. The van der Waals surface area contributed by atoms with Gasteiger partial charge in [-0.05, 0) is 39.5 Å². The maximum absolute atomic E-state index is 7.22. The molecular formula is C54H56O9. The lowest BCUT2D eigenvalue weighted by atomic mass is 9.97. The van der Waals surface area contributed by atoms with Crippen LogP contribution in [0.5, 0.6) is 0 Å². The number of rotatable bonds is 22. The van der Waals surface area contributed by atoms with E-state index < -0.39 is 49.0 Å². The van der Waals surface area contributed by atoms with E-state index in [-0.39, 0.29) is 19.8 Å². The molecule has 0 radical (unpaired) electrons. The molecule has 0 N–H and O–H groups in total. The Hall–Kier alpha value is -5.46. The SMILES string of the molecule is C1=C[C@@H](OCc2ccccc2)[C@H](O[C@@H]2O[C@H](COCc3ccccc3)[C@@H](OCc3ccccc3)[C@H](OCc3ccccc3)[C@H]2OCc2ccccc2)[C@@H](COCc2ccccc2)O1. The highest BCUT2D eigenvalue weighted by atomic mass is 16.7. The molecule has 2 heterocycles. The molecule has 8 rings (SSSR count). The Morgan fingerprint density at radius 3 is 1.16 bits per heavy atom. The van der Waals surface area contributed by atoms with Gasteiger partial charge in [0, 0.05) is 0 Å². The van der Waals surface area contributed by atoms with Gasteiger partial charge >= 0.3 is 0 Å². The van der Waals surface area contributed by atoms with Gasteiger partial charge in [-0.2, -0.15) is 0 Å². The molecule has 0 unspecified atom stereocenters. The fourth-order valence-electron chi connectivity index (χ4n) is 7.72. The normalized spacial score (nSPS) is 23.2. The summed E-state index contributed by atoms with van der Waals surface area (Å²) in [6, 6.07) is 60.5. The van der Waals surface area contributed by atoms with Gasteiger partial charge in [0.25, 0.3) is 0 Å². The van der Waals surface area contributed by atoms with Gasteiger partial charge < -0.3 is 42.6 Å². The lowest BCUT2D eigenvalue weighted by Crippen LogP contribution is -2.63. The van der Waals surface area contributed by atoms with Crippen molar-refractivity contribution in [2.24, 2.45) is 0 Å². The van der Waals surface area contributed by atoms with Crippen LogP contribution in [-0.4, -0.2) is 62.2 Å². The van der Waals surface area contributed by atoms with E-state index in [1.807, 2.05) is 188 Å². The van der Waals surface area contributed by atoms with Crippen molar-refractivity contribution in [2.45, 2.75) is 88.7 Å². The Morgan fingerprint density at radius 2 is 0.714 bits per heavy atom. The molecule has 9 nitrogen and oxygen atoms in total. The second-order valence-corrected chi connectivity index (χ2v) is 15.7. The first-order chi connectivity index (χ1) is 31.2. The van der Waals surface area contributed by atoms with Crippen LogP contribution in [0.15, 0.2) is 194 Å². The first-order valence-electron chi connectivity index (χ1n) is 21.7. The molecule has 0 bridgehead atoms. The fourth-order valence-corrected chi connectivity index (χ4v) is 7.72. The summed E-state index contributed by atoms with van der Waals surface area (Å²) < 4.78 is 60.8. The minimum atomic E-state index is -0.976. The largest absolute Gasteiger partial charge is 0.493 e. The smallest absolute Gasteiger partial charge is 0.187 e. The van der Waals surface area contributed by atoms with E-state index in [2.05, 4.69) is 0 Å². The molecule has 1 fully saturated rings. The van der Waals surface area contributed by atoms with Gasteiger partial charge in [-0.3, -0.25) is 0 Å². The van der Waals surface area contributed by atoms with E-state index >= 15 is 0 Å². The Kier molecular flexibility index (Phi) is 16.7. The summed E-state index contributed by atoms with van der Waals surface area (Å²) >= 11 is 0. The zero-order valence-corrected chi connectivity index (χ0v) is 35.4. The van der Waals surface area contributed by atoms with Gasteiger partial charge in [0.1, 0.15) is 36.6 Å². The number of hydrogen-bond acceptors (Lipinski definition) is 9. The fraction of sp³-hybridized carbons (Fsp3) is 0.296. The molecule has 2 aliphatic heterocycles. The van der Waals surface area contributed by atoms with Crippen molar-refractivity contribution in [3.05, 3.63) is 228 Å². The van der Waals surface area contributed by atoms with Crippen molar-refractivity contribution in [1.82, 2.24) is 0 Å². The Morgan fingerprint density at radius 1 is 0.349 bits per heavy atom. The van der Waals surface area contributed by atoms with Crippen molar-refractivity contribution in [3.63, 3.8) is 0 Å². The lowest BCUT2D eigenvalue weighted by molar-refractivity contribution is -0.347. The van der Waals surface area contributed by atoms with Crippen molar-refractivity contribution < 1.29 is 42.6 Å². The van der Waals surface area contributed by atoms with E-state index in [1.54, 1.807) is 6.26 Å². The third-order valence-corrected chi connectivity index (χ3v) is 11.0. The van der Waals surface area contributed by atoms with E-state index in [9.17, 15) is 0 Å². The van der Waals surface area contributed by atoms with Crippen molar-refractivity contribution >= 4 is 0 Å². The Labute approximate surface area is 371 Å². The molecule has 0 amide bonds. The second kappa shape index (κ2) is 23.8.